The second-order valence-corrected chi connectivity index (χ2v) is 4.60. The van der Waals surface area contributed by atoms with Crippen LogP contribution in [0, 0.1) is 5.92 Å². The van der Waals surface area contributed by atoms with Crippen LogP contribution in [0.4, 0.5) is 0 Å². The van der Waals surface area contributed by atoms with Crippen LogP contribution in [-0.4, -0.2) is 17.5 Å². The van der Waals surface area contributed by atoms with Crippen molar-refractivity contribution in [2.24, 2.45) is 5.92 Å². The summed E-state index contributed by atoms with van der Waals surface area (Å²) in [5.41, 5.74) is 1.44. The molecule has 0 radical (unpaired) electrons. The highest BCUT2D eigenvalue weighted by molar-refractivity contribution is 5.14. The van der Waals surface area contributed by atoms with Gasteiger partial charge in [0, 0.05) is 19.1 Å². The topological polar surface area (TPSA) is 3.24 Å². The van der Waals surface area contributed by atoms with Crippen molar-refractivity contribution < 1.29 is 0 Å². The van der Waals surface area contributed by atoms with Crippen LogP contribution in [0.5, 0.6) is 0 Å². The highest BCUT2D eigenvalue weighted by Gasteiger charge is 2.25. The number of likely N-dealkylation sites (tertiary alicyclic amines) is 1. The Bertz CT molecular complexity index is 281. The smallest absolute Gasteiger partial charge is 0.0236 e. The first-order valence-electron chi connectivity index (χ1n) is 5.53. The van der Waals surface area contributed by atoms with Crippen molar-refractivity contribution in [3.05, 3.63) is 35.9 Å². The monoisotopic (exact) mass is 189 g/mol. The first kappa shape index (κ1) is 9.72. The van der Waals surface area contributed by atoms with Crippen LogP contribution in [0.2, 0.25) is 0 Å². The summed E-state index contributed by atoms with van der Waals surface area (Å²) < 4.78 is 0. The van der Waals surface area contributed by atoms with Gasteiger partial charge in [-0.25, -0.2) is 0 Å². The lowest BCUT2D eigenvalue weighted by atomic mass is 10.1. The minimum Gasteiger partial charge on any atom is -0.296 e. The molecule has 1 nitrogen and oxygen atoms in total. The van der Waals surface area contributed by atoms with Crippen molar-refractivity contribution in [2.45, 2.75) is 32.9 Å². The molecule has 1 fully saturated rings. The SMILES string of the molecule is C[C@H]1C[C@@H](C)N(Cc2ccccc2)C1. The van der Waals surface area contributed by atoms with Crippen molar-refractivity contribution in [3.8, 4) is 0 Å². The van der Waals surface area contributed by atoms with Crippen LogP contribution >= 0.6 is 0 Å². The van der Waals surface area contributed by atoms with E-state index in [2.05, 4.69) is 49.1 Å². The predicted octanol–water partition coefficient (Wildman–Crippen LogP) is 2.92. The summed E-state index contributed by atoms with van der Waals surface area (Å²) in [5.74, 6) is 0.869. The molecule has 1 aliphatic rings. The molecule has 0 bridgehead atoms. The molecular weight excluding hydrogens is 170 g/mol. The van der Waals surface area contributed by atoms with Gasteiger partial charge in [-0.15, -0.1) is 0 Å². The van der Waals surface area contributed by atoms with Crippen molar-refractivity contribution in [3.63, 3.8) is 0 Å². The average molecular weight is 189 g/mol. The van der Waals surface area contributed by atoms with Gasteiger partial charge in [0.1, 0.15) is 0 Å². The summed E-state index contributed by atoms with van der Waals surface area (Å²) >= 11 is 0. The zero-order chi connectivity index (χ0) is 9.97. The molecule has 14 heavy (non-hydrogen) atoms. The third-order valence-corrected chi connectivity index (χ3v) is 3.14. The normalized spacial score (nSPS) is 28.1. The van der Waals surface area contributed by atoms with E-state index >= 15 is 0 Å². The molecule has 1 aromatic rings. The first-order valence-corrected chi connectivity index (χ1v) is 5.53. The van der Waals surface area contributed by atoms with E-state index in [0.29, 0.717) is 0 Å². The number of nitrogens with zero attached hydrogens (tertiary/aromatic N) is 1. The summed E-state index contributed by atoms with van der Waals surface area (Å²) in [6.45, 7) is 7.07. The molecule has 1 saturated heterocycles. The zero-order valence-electron chi connectivity index (χ0n) is 9.11. The van der Waals surface area contributed by atoms with Gasteiger partial charge in [0.15, 0.2) is 0 Å². The molecule has 1 heteroatoms. The van der Waals surface area contributed by atoms with Crippen molar-refractivity contribution >= 4 is 0 Å². The fraction of sp³-hybridized carbons (Fsp3) is 0.538. The van der Waals surface area contributed by atoms with Crippen LogP contribution in [0.3, 0.4) is 0 Å². The van der Waals surface area contributed by atoms with Gasteiger partial charge in [0.25, 0.3) is 0 Å². The van der Waals surface area contributed by atoms with Gasteiger partial charge in [-0.1, -0.05) is 37.3 Å². The number of benzene rings is 1. The Morgan fingerprint density at radius 2 is 1.93 bits per heavy atom. The number of hydrogen-bond donors (Lipinski definition) is 0. The summed E-state index contributed by atoms with van der Waals surface area (Å²) in [6, 6.07) is 11.5. The van der Waals surface area contributed by atoms with Crippen LogP contribution in [0.1, 0.15) is 25.8 Å². The molecule has 2 rings (SSSR count). The fourth-order valence-corrected chi connectivity index (χ4v) is 2.42. The highest BCUT2D eigenvalue weighted by atomic mass is 15.2. The molecule has 0 aliphatic carbocycles. The van der Waals surface area contributed by atoms with E-state index in [1.807, 2.05) is 0 Å². The summed E-state index contributed by atoms with van der Waals surface area (Å²) in [4.78, 5) is 2.58. The number of hydrogen-bond acceptors (Lipinski definition) is 1. The minimum atomic E-state index is 0.755. The van der Waals surface area contributed by atoms with Crippen molar-refractivity contribution in [1.29, 1.82) is 0 Å². The maximum Gasteiger partial charge on any atom is 0.0236 e. The van der Waals surface area contributed by atoms with Gasteiger partial charge in [-0.3, -0.25) is 4.90 Å². The van der Waals surface area contributed by atoms with Crippen molar-refractivity contribution in [2.75, 3.05) is 6.54 Å². The van der Waals surface area contributed by atoms with E-state index in [0.717, 1.165) is 18.5 Å². The molecule has 2 atom stereocenters. The predicted molar refractivity (Wildman–Crippen MR) is 60.1 cm³/mol. The Balaban J connectivity index is 1.98. The Hall–Kier alpha value is -0.820. The molecule has 1 heterocycles. The molecule has 76 valence electrons. The lowest BCUT2D eigenvalue weighted by Gasteiger charge is -2.20. The second-order valence-electron chi connectivity index (χ2n) is 4.60. The van der Waals surface area contributed by atoms with Crippen LogP contribution in [0.25, 0.3) is 0 Å². The van der Waals surface area contributed by atoms with E-state index in [1.165, 1.54) is 18.5 Å². The van der Waals surface area contributed by atoms with Gasteiger partial charge >= 0.3 is 0 Å². The summed E-state index contributed by atoms with van der Waals surface area (Å²) in [5, 5.41) is 0. The van der Waals surface area contributed by atoms with Gasteiger partial charge in [-0.05, 0) is 24.8 Å². The first-order chi connectivity index (χ1) is 6.75. The number of rotatable bonds is 2. The van der Waals surface area contributed by atoms with E-state index in [1.54, 1.807) is 0 Å². The van der Waals surface area contributed by atoms with Gasteiger partial charge < -0.3 is 0 Å². The third kappa shape index (κ3) is 2.16. The Labute approximate surface area is 86.7 Å². The van der Waals surface area contributed by atoms with Gasteiger partial charge in [0.2, 0.25) is 0 Å². The van der Waals surface area contributed by atoms with E-state index < -0.39 is 0 Å². The molecule has 0 saturated carbocycles. The Kier molecular flexibility index (Phi) is 2.87. The maximum absolute atomic E-state index is 2.58. The molecule has 0 unspecified atom stereocenters. The van der Waals surface area contributed by atoms with Crippen LogP contribution in [-0.2, 0) is 6.54 Å². The van der Waals surface area contributed by atoms with Gasteiger partial charge in [-0.2, -0.15) is 0 Å². The molecule has 0 amide bonds. The van der Waals surface area contributed by atoms with E-state index in [4.69, 9.17) is 0 Å². The highest BCUT2D eigenvalue weighted by Crippen LogP contribution is 2.23. The Morgan fingerprint density at radius 1 is 1.21 bits per heavy atom. The quantitative estimate of drug-likeness (QED) is 0.691. The van der Waals surface area contributed by atoms with Crippen molar-refractivity contribution in [1.82, 2.24) is 4.90 Å². The summed E-state index contributed by atoms with van der Waals surface area (Å²) in [6.07, 6.45) is 1.35. The van der Waals surface area contributed by atoms with Crippen LogP contribution < -0.4 is 0 Å². The summed E-state index contributed by atoms with van der Waals surface area (Å²) in [7, 11) is 0. The Morgan fingerprint density at radius 3 is 2.50 bits per heavy atom. The third-order valence-electron chi connectivity index (χ3n) is 3.14. The molecule has 0 N–H and O–H groups in total. The second kappa shape index (κ2) is 4.14. The minimum absolute atomic E-state index is 0.755. The largest absolute Gasteiger partial charge is 0.296 e. The van der Waals surface area contributed by atoms with Crippen LogP contribution in [0.15, 0.2) is 30.3 Å². The lowest BCUT2D eigenvalue weighted by molar-refractivity contribution is 0.256. The van der Waals surface area contributed by atoms with E-state index in [-0.39, 0.29) is 0 Å². The molecule has 1 aromatic carbocycles. The fourth-order valence-electron chi connectivity index (χ4n) is 2.42. The van der Waals surface area contributed by atoms with Gasteiger partial charge in [0.05, 0.1) is 0 Å². The average Bonchev–Trinajstić information content (AvgIpc) is 2.47. The molecule has 0 spiro atoms. The molecule has 0 aromatic heterocycles. The molecular formula is C13H19N. The standard InChI is InChI=1S/C13H19N/c1-11-8-12(2)14(9-11)10-13-6-4-3-5-7-13/h3-7,11-12H,8-10H2,1-2H3/t11-,12+/m0/s1. The van der Waals surface area contributed by atoms with E-state index in [9.17, 15) is 0 Å². The lowest BCUT2D eigenvalue weighted by Crippen LogP contribution is -2.26. The zero-order valence-corrected chi connectivity index (χ0v) is 9.11. The maximum atomic E-state index is 2.58. The molecule has 1 aliphatic heterocycles.